The maximum Gasteiger partial charge on any atom is 0.306 e. The Morgan fingerprint density at radius 2 is 1.80 bits per heavy atom. The Bertz CT molecular complexity index is 629. The van der Waals surface area contributed by atoms with Gasteiger partial charge in [-0.05, 0) is 64.5 Å². The van der Waals surface area contributed by atoms with Crippen molar-refractivity contribution >= 4 is 23.3 Å². The van der Waals surface area contributed by atoms with Crippen LogP contribution in [0, 0.1) is 5.92 Å². The van der Waals surface area contributed by atoms with Crippen molar-refractivity contribution in [2.75, 3.05) is 11.5 Å². The first-order valence-electron chi connectivity index (χ1n) is 8.82. The van der Waals surface area contributed by atoms with Gasteiger partial charge in [-0.15, -0.1) is 0 Å². The number of hydrogen-bond acceptors (Lipinski definition) is 5. The number of rotatable bonds is 4. The summed E-state index contributed by atoms with van der Waals surface area (Å²) in [5.74, 6) is -0.0200. The van der Waals surface area contributed by atoms with Crippen LogP contribution in [-0.2, 0) is 9.53 Å². The van der Waals surface area contributed by atoms with Crippen molar-refractivity contribution in [1.82, 2.24) is 5.32 Å². The summed E-state index contributed by atoms with van der Waals surface area (Å²) in [6, 6.07) is 5.17. The molecule has 1 aromatic carbocycles. The molecule has 6 heteroatoms. The number of para-hydroxylation sites is 1. The Hall–Kier alpha value is -2.24. The van der Waals surface area contributed by atoms with Crippen molar-refractivity contribution < 1.29 is 14.3 Å². The fourth-order valence-electron chi connectivity index (χ4n) is 3.17. The Labute approximate surface area is 149 Å². The van der Waals surface area contributed by atoms with Gasteiger partial charge in [-0.2, -0.15) is 0 Å². The van der Waals surface area contributed by atoms with Crippen molar-refractivity contribution in [1.29, 1.82) is 0 Å². The Kier molecular flexibility index (Phi) is 5.93. The number of carbonyl (C=O) groups is 2. The lowest BCUT2D eigenvalue weighted by molar-refractivity contribution is -0.156. The average Bonchev–Trinajstić information content (AvgIpc) is 2.50. The summed E-state index contributed by atoms with van der Waals surface area (Å²) in [4.78, 5) is 24.3. The quantitative estimate of drug-likeness (QED) is 0.573. The number of nitrogens with two attached hydrogens (primary N) is 2. The van der Waals surface area contributed by atoms with Gasteiger partial charge in [0.1, 0.15) is 5.60 Å². The van der Waals surface area contributed by atoms with Crippen LogP contribution in [0.3, 0.4) is 0 Å². The largest absolute Gasteiger partial charge is 0.460 e. The van der Waals surface area contributed by atoms with Crippen LogP contribution in [-0.4, -0.2) is 23.5 Å². The molecule has 0 saturated heterocycles. The first kappa shape index (κ1) is 19.1. The Morgan fingerprint density at radius 3 is 2.40 bits per heavy atom. The van der Waals surface area contributed by atoms with Crippen molar-refractivity contribution in [2.24, 2.45) is 5.92 Å². The van der Waals surface area contributed by atoms with Crippen LogP contribution in [0.1, 0.15) is 63.2 Å². The molecule has 5 N–H and O–H groups in total. The highest BCUT2D eigenvalue weighted by Gasteiger charge is 2.26. The number of esters is 1. The van der Waals surface area contributed by atoms with Crippen molar-refractivity contribution in [2.45, 2.75) is 64.5 Å². The van der Waals surface area contributed by atoms with Gasteiger partial charge in [-0.1, -0.05) is 6.07 Å². The van der Waals surface area contributed by atoms with Crippen molar-refractivity contribution in [3.8, 4) is 0 Å². The van der Waals surface area contributed by atoms with Crippen molar-refractivity contribution in [3.05, 3.63) is 23.8 Å². The number of carbonyl (C=O) groups excluding carboxylic acids is 2. The number of benzene rings is 1. The second-order valence-corrected chi connectivity index (χ2v) is 7.79. The van der Waals surface area contributed by atoms with E-state index in [0.717, 1.165) is 25.7 Å². The minimum absolute atomic E-state index is 0.100. The molecule has 1 aliphatic rings. The van der Waals surface area contributed by atoms with E-state index < -0.39 is 5.60 Å². The second-order valence-electron chi connectivity index (χ2n) is 7.79. The SMILES string of the molecule is CC(C)(C)OC(=O)CC1CCC(NC(=O)c2cccc(N)c2N)CC1. The van der Waals surface area contributed by atoms with Gasteiger partial charge >= 0.3 is 5.97 Å². The van der Waals surface area contributed by atoms with Crippen LogP contribution in [0.2, 0.25) is 0 Å². The summed E-state index contributed by atoms with van der Waals surface area (Å²) < 4.78 is 5.38. The van der Waals surface area contributed by atoms with E-state index in [1.165, 1.54) is 0 Å². The smallest absolute Gasteiger partial charge is 0.306 e. The van der Waals surface area contributed by atoms with Crippen LogP contribution >= 0.6 is 0 Å². The molecule has 1 saturated carbocycles. The zero-order valence-corrected chi connectivity index (χ0v) is 15.3. The minimum atomic E-state index is -0.445. The number of nitrogen functional groups attached to an aromatic ring is 2. The highest BCUT2D eigenvalue weighted by atomic mass is 16.6. The molecular weight excluding hydrogens is 318 g/mol. The predicted octanol–water partition coefficient (Wildman–Crippen LogP) is 2.87. The van der Waals surface area contributed by atoms with Gasteiger partial charge in [-0.3, -0.25) is 9.59 Å². The number of ether oxygens (including phenoxy) is 1. The van der Waals surface area contributed by atoms with E-state index in [1.54, 1.807) is 18.2 Å². The zero-order chi connectivity index (χ0) is 18.6. The number of nitrogens with one attached hydrogen (secondary N) is 1. The molecule has 1 aromatic rings. The van der Waals surface area contributed by atoms with Crippen LogP contribution in [0.4, 0.5) is 11.4 Å². The lowest BCUT2D eigenvalue weighted by atomic mass is 9.84. The Morgan fingerprint density at radius 1 is 1.16 bits per heavy atom. The van der Waals surface area contributed by atoms with Gasteiger partial charge < -0.3 is 21.5 Å². The zero-order valence-electron chi connectivity index (χ0n) is 15.3. The molecule has 138 valence electrons. The first-order chi connectivity index (χ1) is 11.7. The molecule has 0 spiro atoms. The van der Waals surface area contributed by atoms with E-state index in [2.05, 4.69) is 5.32 Å². The van der Waals surface area contributed by atoms with E-state index in [9.17, 15) is 9.59 Å². The molecule has 25 heavy (non-hydrogen) atoms. The van der Waals surface area contributed by atoms with Gasteiger partial charge in [0.05, 0.1) is 16.9 Å². The third-order valence-corrected chi connectivity index (χ3v) is 4.44. The molecular formula is C19H29N3O3. The minimum Gasteiger partial charge on any atom is -0.460 e. The molecule has 6 nitrogen and oxygen atoms in total. The lowest BCUT2D eigenvalue weighted by Gasteiger charge is -2.29. The molecule has 1 fully saturated rings. The van der Waals surface area contributed by atoms with Crippen LogP contribution in [0.25, 0.3) is 0 Å². The van der Waals surface area contributed by atoms with Gasteiger partial charge in [0.15, 0.2) is 0 Å². The summed E-state index contributed by atoms with van der Waals surface area (Å²) >= 11 is 0. The standard InChI is InChI=1S/C19H29N3O3/c1-19(2,3)25-16(23)11-12-7-9-13(10-8-12)22-18(24)14-5-4-6-15(20)17(14)21/h4-6,12-13H,7-11,20-21H2,1-3H3,(H,22,24). The van der Waals surface area contributed by atoms with Gasteiger partial charge in [0.2, 0.25) is 0 Å². The second kappa shape index (κ2) is 7.76. The topological polar surface area (TPSA) is 107 Å². The fourth-order valence-corrected chi connectivity index (χ4v) is 3.17. The number of amides is 1. The third kappa shape index (κ3) is 5.66. The van der Waals surface area contributed by atoms with E-state index in [4.69, 9.17) is 16.2 Å². The summed E-state index contributed by atoms with van der Waals surface area (Å²) in [6.07, 6.45) is 3.94. The summed E-state index contributed by atoms with van der Waals surface area (Å²) in [6.45, 7) is 5.62. The molecule has 0 bridgehead atoms. The van der Waals surface area contributed by atoms with Crippen molar-refractivity contribution in [3.63, 3.8) is 0 Å². The maximum absolute atomic E-state index is 12.4. The van der Waals surface area contributed by atoms with Gasteiger partial charge in [0, 0.05) is 12.5 Å². The van der Waals surface area contributed by atoms with E-state index in [1.807, 2.05) is 20.8 Å². The Balaban J connectivity index is 1.81. The first-order valence-corrected chi connectivity index (χ1v) is 8.82. The van der Waals surface area contributed by atoms with E-state index >= 15 is 0 Å². The summed E-state index contributed by atoms with van der Waals surface area (Å²) in [5, 5.41) is 3.02. The van der Waals surface area contributed by atoms with E-state index in [0.29, 0.717) is 29.3 Å². The molecule has 2 rings (SSSR count). The monoisotopic (exact) mass is 347 g/mol. The highest BCUT2D eigenvalue weighted by molar-refractivity contribution is 6.01. The number of anilines is 2. The number of hydrogen-bond donors (Lipinski definition) is 3. The van der Waals surface area contributed by atoms with Crippen LogP contribution < -0.4 is 16.8 Å². The predicted molar refractivity (Wildman–Crippen MR) is 98.9 cm³/mol. The fraction of sp³-hybridized carbons (Fsp3) is 0.579. The highest BCUT2D eigenvalue weighted by Crippen LogP contribution is 2.28. The maximum atomic E-state index is 12.4. The molecule has 0 aromatic heterocycles. The third-order valence-electron chi connectivity index (χ3n) is 4.44. The van der Waals surface area contributed by atoms with E-state index in [-0.39, 0.29) is 17.9 Å². The van der Waals surface area contributed by atoms with Gasteiger partial charge in [0.25, 0.3) is 5.91 Å². The molecule has 0 heterocycles. The summed E-state index contributed by atoms with van der Waals surface area (Å²) in [5.41, 5.74) is 12.3. The lowest BCUT2D eigenvalue weighted by Crippen LogP contribution is -2.38. The molecule has 0 unspecified atom stereocenters. The van der Waals surface area contributed by atoms with Crippen LogP contribution in [0.15, 0.2) is 18.2 Å². The molecule has 0 radical (unpaired) electrons. The normalized spacial score (nSPS) is 20.8. The average molecular weight is 347 g/mol. The molecule has 0 aliphatic heterocycles. The molecule has 1 amide bonds. The molecule has 1 aliphatic carbocycles. The molecule has 0 atom stereocenters. The van der Waals surface area contributed by atoms with Crippen LogP contribution in [0.5, 0.6) is 0 Å². The summed E-state index contributed by atoms with van der Waals surface area (Å²) in [7, 11) is 0. The van der Waals surface area contributed by atoms with Gasteiger partial charge in [-0.25, -0.2) is 0 Å².